The van der Waals surface area contributed by atoms with E-state index in [1.165, 1.54) is 12.1 Å². The molecule has 0 fully saturated rings. The van der Waals surface area contributed by atoms with Crippen molar-refractivity contribution >= 4 is 16.8 Å². The summed E-state index contributed by atoms with van der Waals surface area (Å²) in [6.45, 7) is 4.12. The summed E-state index contributed by atoms with van der Waals surface area (Å²) < 4.78 is 66.3. The van der Waals surface area contributed by atoms with Crippen molar-refractivity contribution in [3.05, 3.63) is 124 Å². The van der Waals surface area contributed by atoms with E-state index in [0.29, 0.717) is 41.4 Å². The van der Waals surface area contributed by atoms with Crippen LogP contribution in [0.25, 0.3) is 28.0 Å². The molecule has 7 heteroatoms. The van der Waals surface area contributed by atoms with Gasteiger partial charge in [0.25, 0.3) is 0 Å². The highest BCUT2D eigenvalue weighted by molar-refractivity contribution is 6.08. The molecule has 1 aliphatic carbocycles. The van der Waals surface area contributed by atoms with E-state index in [0.717, 1.165) is 44.2 Å². The van der Waals surface area contributed by atoms with Crippen LogP contribution in [-0.4, -0.2) is 21.3 Å². The van der Waals surface area contributed by atoms with E-state index in [1.807, 2.05) is 72.8 Å². The zero-order chi connectivity index (χ0) is 33.1. The lowest BCUT2D eigenvalue weighted by Gasteiger charge is -2.39. The number of hydrogen-bond donors (Lipinski definition) is 0. The third kappa shape index (κ3) is 4.43. The van der Waals surface area contributed by atoms with Crippen molar-refractivity contribution in [1.82, 2.24) is 0 Å². The second-order valence-electron chi connectivity index (χ2n) is 12.1. The van der Waals surface area contributed by atoms with Crippen LogP contribution in [0.2, 0.25) is 0 Å². The molecule has 0 N–H and O–H groups in total. The van der Waals surface area contributed by atoms with Crippen LogP contribution < -0.4 is 18.9 Å². The SMILES string of the molecule is CCC1(CC)c2cc(C(F)(F)F)ccc2-c2c1c1c(c3ccccc23)OC(c2ccc(OC)cc2)(c2ccc(OC)c(OC)c2)C=C1. The number of alkyl halides is 3. The lowest BCUT2D eigenvalue weighted by atomic mass is 9.71. The lowest BCUT2D eigenvalue weighted by molar-refractivity contribution is -0.137. The maximum absolute atomic E-state index is 14.1. The molecule has 0 spiro atoms. The summed E-state index contributed by atoms with van der Waals surface area (Å²) in [4.78, 5) is 0. The van der Waals surface area contributed by atoms with Gasteiger partial charge in [0.1, 0.15) is 11.5 Å². The lowest BCUT2D eigenvalue weighted by Crippen LogP contribution is -2.35. The van der Waals surface area contributed by atoms with Gasteiger partial charge in [0, 0.05) is 27.5 Å². The van der Waals surface area contributed by atoms with Crippen LogP contribution in [0, 0.1) is 0 Å². The predicted molar refractivity (Wildman–Crippen MR) is 179 cm³/mol. The van der Waals surface area contributed by atoms with Crippen LogP contribution in [0.4, 0.5) is 13.2 Å². The highest BCUT2D eigenvalue weighted by Crippen LogP contribution is 2.61. The number of methoxy groups -OCH3 is 3. The van der Waals surface area contributed by atoms with Gasteiger partial charge in [-0.15, -0.1) is 0 Å². The normalized spacial score (nSPS) is 17.4. The van der Waals surface area contributed by atoms with Crippen LogP contribution in [0.15, 0.2) is 91.0 Å². The number of ether oxygens (including phenoxy) is 4. The van der Waals surface area contributed by atoms with Crippen LogP contribution in [0.5, 0.6) is 23.0 Å². The maximum Gasteiger partial charge on any atom is 0.416 e. The number of fused-ring (bicyclic) bond motifs is 8. The van der Waals surface area contributed by atoms with Gasteiger partial charge in [0.15, 0.2) is 17.1 Å². The Morgan fingerprint density at radius 1 is 0.723 bits per heavy atom. The average Bonchev–Trinajstić information content (AvgIpc) is 3.41. The second-order valence-corrected chi connectivity index (χ2v) is 12.1. The van der Waals surface area contributed by atoms with E-state index in [4.69, 9.17) is 18.9 Å². The fraction of sp³-hybridized carbons (Fsp3) is 0.250. The molecule has 47 heavy (non-hydrogen) atoms. The molecule has 5 aromatic carbocycles. The Bertz CT molecular complexity index is 2040. The van der Waals surface area contributed by atoms with Crippen molar-refractivity contribution in [2.24, 2.45) is 0 Å². The Labute approximate surface area is 272 Å². The number of rotatable bonds is 7. The molecule has 1 aliphatic heterocycles. The average molecular weight is 637 g/mol. The Morgan fingerprint density at radius 2 is 1.40 bits per heavy atom. The Hall–Kier alpha value is -4.91. The third-order valence-electron chi connectivity index (χ3n) is 10.1. The second kappa shape index (κ2) is 11.1. The van der Waals surface area contributed by atoms with Gasteiger partial charge in [-0.1, -0.05) is 68.5 Å². The predicted octanol–water partition coefficient (Wildman–Crippen LogP) is 10.3. The van der Waals surface area contributed by atoms with Gasteiger partial charge >= 0.3 is 6.18 Å². The number of halogens is 3. The van der Waals surface area contributed by atoms with E-state index in [1.54, 1.807) is 27.4 Å². The van der Waals surface area contributed by atoms with Crippen molar-refractivity contribution in [1.29, 1.82) is 0 Å². The first kappa shape index (κ1) is 30.7. The molecule has 1 heterocycles. The molecule has 1 unspecified atom stereocenters. The first-order valence-electron chi connectivity index (χ1n) is 15.7. The Morgan fingerprint density at radius 3 is 2.04 bits per heavy atom. The first-order valence-corrected chi connectivity index (χ1v) is 15.7. The molecular weight excluding hydrogens is 601 g/mol. The van der Waals surface area contributed by atoms with Crippen molar-refractivity contribution in [2.75, 3.05) is 21.3 Å². The zero-order valence-electron chi connectivity index (χ0n) is 26.9. The molecule has 0 saturated heterocycles. The van der Waals surface area contributed by atoms with Crippen LogP contribution >= 0.6 is 0 Å². The van der Waals surface area contributed by atoms with Crippen molar-refractivity contribution in [3.8, 4) is 34.1 Å². The fourth-order valence-electron chi connectivity index (χ4n) is 7.71. The third-order valence-corrected chi connectivity index (χ3v) is 10.1. The summed E-state index contributed by atoms with van der Waals surface area (Å²) in [5.74, 6) is 2.55. The fourth-order valence-corrected chi connectivity index (χ4v) is 7.71. The van der Waals surface area contributed by atoms with Crippen molar-refractivity contribution in [3.63, 3.8) is 0 Å². The minimum atomic E-state index is -4.45. The summed E-state index contributed by atoms with van der Waals surface area (Å²) in [5.41, 5.74) is 3.77. The molecule has 0 radical (unpaired) electrons. The van der Waals surface area contributed by atoms with Gasteiger partial charge in [-0.25, -0.2) is 0 Å². The zero-order valence-corrected chi connectivity index (χ0v) is 26.9. The molecule has 7 rings (SSSR count). The topological polar surface area (TPSA) is 36.9 Å². The van der Waals surface area contributed by atoms with Gasteiger partial charge in [0.2, 0.25) is 0 Å². The highest BCUT2D eigenvalue weighted by atomic mass is 19.4. The first-order chi connectivity index (χ1) is 22.6. The van der Waals surface area contributed by atoms with E-state index < -0.39 is 22.8 Å². The minimum absolute atomic E-state index is 0.561. The summed E-state index contributed by atoms with van der Waals surface area (Å²) in [6.07, 6.45) is 0.958. The van der Waals surface area contributed by atoms with E-state index in [9.17, 15) is 13.2 Å². The molecule has 1 atom stereocenters. The molecule has 2 aliphatic rings. The van der Waals surface area contributed by atoms with Gasteiger partial charge in [-0.2, -0.15) is 13.2 Å². The van der Waals surface area contributed by atoms with Gasteiger partial charge in [0.05, 0.1) is 26.9 Å². The van der Waals surface area contributed by atoms with E-state index in [-0.39, 0.29) is 0 Å². The highest BCUT2D eigenvalue weighted by Gasteiger charge is 2.48. The van der Waals surface area contributed by atoms with Crippen LogP contribution in [0.1, 0.15) is 60.1 Å². The minimum Gasteiger partial charge on any atom is -0.497 e. The van der Waals surface area contributed by atoms with Gasteiger partial charge < -0.3 is 18.9 Å². The largest absolute Gasteiger partial charge is 0.497 e. The van der Waals surface area contributed by atoms with Crippen molar-refractivity contribution in [2.45, 2.75) is 43.9 Å². The maximum atomic E-state index is 14.1. The molecule has 0 bridgehead atoms. The van der Waals surface area contributed by atoms with E-state index >= 15 is 0 Å². The molecule has 4 nitrogen and oxygen atoms in total. The van der Waals surface area contributed by atoms with Gasteiger partial charge in [-0.05, 0) is 83.0 Å². The van der Waals surface area contributed by atoms with Crippen LogP contribution in [-0.2, 0) is 17.2 Å². The molecule has 0 aromatic heterocycles. The quantitative estimate of drug-likeness (QED) is 0.178. The molecule has 0 saturated carbocycles. The monoisotopic (exact) mass is 636 g/mol. The Balaban J connectivity index is 1.54. The number of benzene rings is 5. The molecule has 5 aromatic rings. The van der Waals surface area contributed by atoms with Crippen molar-refractivity contribution < 1.29 is 32.1 Å². The molecule has 240 valence electrons. The molecule has 0 amide bonds. The summed E-state index contributed by atoms with van der Waals surface area (Å²) in [6, 6.07) is 25.8. The van der Waals surface area contributed by atoms with E-state index in [2.05, 4.69) is 19.9 Å². The summed E-state index contributed by atoms with van der Waals surface area (Å²) in [7, 11) is 4.82. The van der Waals surface area contributed by atoms with Crippen LogP contribution in [0.3, 0.4) is 0 Å². The summed E-state index contributed by atoms with van der Waals surface area (Å²) >= 11 is 0. The van der Waals surface area contributed by atoms with Gasteiger partial charge in [-0.3, -0.25) is 0 Å². The Kier molecular flexibility index (Phi) is 7.27. The summed E-state index contributed by atoms with van der Waals surface area (Å²) in [5, 5.41) is 1.83. The standard InChI is InChI=1S/C40H35F3O4/c1-6-38(7-2)32-22-26(40(41,42)43)14-18-30(32)35-28-10-8-9-11-29(28)37-31(36(35)38)20-21-39(47-37,24-12-16-27(44-3)17-13-24)25-15-19-33(45-4)34(23-25)46-5/h8-23H,6-7H2,1-5H3. The molecular formula is C40H35F3O4. The smallest absolute Gasteiger partial charge is 0.416 e. The number of hydrogen-bond acceptors (Lipinski definition) is 4.